The van der Waals surface area contributed by atoms with E-state index in [2.05, 4.69) is 5.32 Å². The minimum Gasteiger partial charge on any atom is -0.480 e. The quantitative estimate of drug-likeness (QED) is 0.384. The maximum absolute atomic E-state index is 13.4. The second-order valence-electron chi connectivity index (χ2n) is 9.33. The molecular weight excluding hydrogens is 554 g/mol. The van der Waals surface area contributed by atoms with E-state index in [9.17, 15) is 27.5 Å². The Bertz CT molecular complexity index is 1450. The number of halogens is 3. The van der Waals surface area contributed by atoms with Gasteiger partial charge in [-0.2, -0.15) is 4.31 Å². The van der Waals surface area contributed by atoms with Gasteiger partial charge in [0.15, 0.2) is 0 Å². The summed E-state index contributed by atoms with van der Waals surface area (Å²) in [4.78, 5) is 25.3. The van der Waals surface area contributed by atoms with Crippen LogP contribution in [-0.4, -0.2) is 47.8 Å². The van der Waals surface area contributed by atoms with Gasteiger partial charge >= 0.3 is 5.97 Å². The largest absolute Gasteiger partial charge is 0.480 e. The van der Waals surface area contributed by atoms with Crippen LogP contribution in [-0.2, 0) is 26.0 Å². The maximum Gasteiger partial charge on any atom is 0.326 e. The molecular formula is C27H25Cl2FN2O5S. The molecule has 11 heteroatoms. The van der Waals surface area contributed by atoms with Crippen molar-refractivity contribution in [2.75, 3.05) is 6.54 Å². The van der Waals surface area contributed by atoms with Crippen molar-refractivity contribution in [2.45, 2.75) is 42.7 Å². The molecule has 1 heterocycles. The number of carbonyl (C=O) groups is 2. The van der Waals surface area contributed by atoms with Gasteiger partial charge in [0.05, 0.1) is 4.90 Å². The van der Waals surface area contributed by atoms with Gasteiger partial charge in [0.1, 0.15) is 17.4 Å². The van der Waals surface area contributed by atoms with E-state index < -0.39 is 33.5 Å². The van der Waals surface area contributed by atoms with Gasteiger partial charge in [0.25, 0.3) is 0 Å². The number of nitrogens with one attached hydrogen (secondary N) is 1. The predicted octanol–water partition coefficient (Wildman–Crippen LogP) is 5.15. The summed E-state index contributed by atoms with van der Waals surface area (Å²) in [6, 6.07) is 15.7. The number of carboxylic acid groups (broad SMARTS) is 1. The molecule has 0 radical (unpaired) electrons. The first kappa shape index (κ1) is 28.0. The molecule has 2 N–H and O–H groups in total. The lowest BCUT2D eigenvalue weighted by Gasteiger charge is -2.34. The highest BCUT2D eigenvalue weighted by atomic mass is 35.5. The fraction of sp³-hybridized carbons (Fsp3) is 0.259. The van der Waals surface area contributed by atoms with Crippen LogP contribution in [0.5, 0.6) is 0 Å². The minimum absolute atomic E-state index is 0.0164. The van der Waals surface area contributed by atoms with Gasteiger partial charge in [-0.15, -0.1) is 0 Å². The topological polar surface area (TPSA) is 104 Å². The number of aliphatic carboxylic acids is 1. The summed E-state index contributed by atoms with van der Waals surface area (Å²) in [7, 11) is -4.15. The number of carboxylic acids is 1. The second kappa shape index (κ2) is 11.0. The van der Waals surface area contributed by atoms with Gasteiger partial charge in [-0.25, -0.2) is 17.6 Å². The molecule has 2 atom stereocenters. The summed E-state index contributed by atoms with van der Waals surface area (Å²) in [5.74, 6) is -2.30. The number of carbonyl (C=O) groups excluding carboxylic acids is 1. The standard InChI is InChI=1S/C27H25Cl2FN2O5S/c1-27(11-2-12-32(27)38(36,37)23-15-20(28)14-21(29)16-23)26(35)31-24(25(33)34)13-17-3-5-18(6-4-17)19-7-9-22(30)10-8-19/h3-10,14-16,24H,2,11-13H2,1H3,(H,31,35)(H,33,34)/t24?,27-/m0/s1. The molecule has 0 saturated carbocycles. The van der Waals surface area contributed by atoms with Gasteiger partial charge in [-0.3, -0.25) is 4.79 Å². The van der Waals surface area contributed by atoms with Crippen LogP contribution in [0.25, 0.3) is 11.1 Å². The third kappa shape index (κ3) is 5.86. The average Bonchev–Trinajstić information content (AvgIpc) is 3.27. The van der Waals surface area contributed by atoms with Crippen molar-refractivity contribution in [1.29, 1.82) is 0 Å². The molecule has 1 fully saturated rings. The van der Waals surface area contributed by atoms with Crippen LogP contribution < -0.4 is 5.32 Å². The lowest BCUT2D eigenvalue weighted by atomic mass is 9.97. The molecule has 1 aliphatic rings. The van der Waals surface area contributed by atoms with E-state index in [4.69, 9.17) is 23.2 Å². The smallest absolute Gasteiger partial charge is 0.326 e. The molecule has 1 unspecified atom stereocenters. The molecule has 0 aliphatic carbocycles. The highest BCUT2D eigenvalue weighted by Gasteiger charge is 2.50. The van der Waals surface area contributed by atoms with E-state index in [0.29, 0.717) is 12.0 Å². The van der Waals surface area contributed by atoms with E-state index in [1.165, 1.54) is 37.3 Å². The van der Waals surface area contributed by atoms with E-state index in [1.54, 1.807) is 36.4 Å². The normalized spacial score (nSPS) is 18.7. The van der Waals surface area contributed by atoms with Crippen LogP contribution in [0, 0.1) is 5.82 Å². The van der Waals surface area contributed by atoms with E-state index >= 15 is 0 Å². The first-order valence-corrected chi connectivity index (χ1v) is 14.0. The van der Waals surface area contributed by atoms with Gasteiger partial charge in [-0.05, 0) is 66.8 Å². The minimum atomic E-state index is -4.15. The number of benzene rings is 3. The van der Waals surface area contributed by atoms with Gasteiger partial charge < -0.3 is 10.4 Å². The number of nitrogens with zero attached hydrogens (tertiary/aromatic N) is 1. The molecule has 7 nitrogen and oxygen atoms in total. The Kier molecular flexibility index (Phi) is 8.13. The Hall–Kier alpha value is -2.98. The Morgan fingerprint density at radius 2 is 1.58 bits per heavy atom. The Morgan fingerprint density at radius 3 is 2.13 bits per heavy atom. The van der Waals surface area contributed by atoms with E-state index in [0.717, 1.165) is 15.4 Å². The maximum atomic E-state index is 13.4. The highest BCUT2D eigenvalue weighted by molar-refractivity contribution is 7.89. The van der Waals surface area contributed by atoms with E-state index in [1.807, 2.05) is 0 Å². The van der Waals surface area contributed by atoms with Gasteiger partial charge in [-0.1, -0.05) is 59.6 Å². The fourth-order valence-corrected chi connectivity index (χ4v) is 7.12. The number of amides is 1. The summed E-state index contributed by atoms with van der Waals surface area (Å²) in [6.45, 7) is 1.56. The SMILES string of the molecule is C[C@@]1(C(=O)NC(Cc2ccc(-c3ccc(F)cc3)cc2)C(=O)O)CCCN1S(=O)(=O)c1cc(Cl)cc(Cl)c1. The van der Waals surface area contributed by atoms with Crippen molar-refractivity contribution in [2.24, 2.45) is 0 Å². The van der Waals surface area contributed by atoms with E-state index in [-0.39, 0.29) is 40.1 Å². The Balaban J connectivity index is 1.52. The van der Waals surface area contributed by atoms with Crippen molar-refractivity contribution < 1.29 is 27.5 Å². The van der Waals surface area contributed by atoms with Crippen LogP contribution in [0.3, 0.4) is 0 Å². The molecule has 38 heavy (non-hydrogen) atoms. The lowest BCUT2D eigenvalue weighted by Crippen LogP contribution is -2.58. The molecule has 0 aromatic heterocycles. The first-order valence-electron chi connectivity index (χ1n) is 11.8. The molecule has 1 saturated heterocycles. The molecule has 0 bridgehead atoms. The first-order chi connectivity index (χ1) is 17.9. The van der Waals surface area contributed by atoms with Crippen molar-refractivity contribution in [3.05, 3.63) is 88.2 Å². The van der Waals surface area contributed by atoms with Crippen molar-refractivity contribution in [1.82, 2.24) is 9.62 Å². The number of hydrogen-bond donors (Lipinski definition) is 2. The zero-order valence-electron chi connectivity index (χ0n) is 20.3. The fourth-order valence-electron chi connectivity index (χ4n) is 4.58. The number of sulfonamides is 1. The third-order valence-electron chi connectivity index (χ3n) is 6.66. The van der Waals surface area contributed by atoms with Crippen molar-refractivity contribution in [3.63, 3.8) is 0 Å². The molecule has 3 aromatic carbocycles. The Morgan fingerprint density at radius 1 is 1.03 bits per heavy atom. The summed E-state index contributed by atoms with van der Waals surface area (Å²) in [6.07, 6.45) is 0.614. The molecule has 200 valence electrons. The van der Waals surface area contributed by atoms with Crippen LogP contribution in [0.4, 0.5) is 4.39 Å². The van der Waals surface area contributed by atoms with Crippen molar-refractivity contribution in [3.8, 4) is 11.1 Å². The average molecular weight is 579 g/mol. The summed E-state index contributed by atoms with van der Waals surface area (Å²) in [5.41, 5.74) is 0.772. The highest BCUT2D eigenvalue weighted by Crippen LogP contribution is 2.36. The van der Waals surface area contributed by atoms with Crippen LogP contribution in [0.15, 0.2) is 71.6 Å². The predicted molar refractivity (Wildman–Crippen MR) is 143 cm³/mol. The van der Waals surface area contributed by atoms with Crippen LogP contribution in [0.2, 0.25) is 10.0 Å². The lowest BCUT2D eigenvalue weighted by molar-refractivity contribution is -0.143. The summed E-state index contributed by atoms with van der Waals surface area (Å²) < 4.78 is 41.1. The third-order valence-corrected chi connectivity index (χ3v) is 9.10. The van der Waals surface area contributed by atoms with Gasteiger partial charge in [0.2, 0.25) is 15.9 Å². The molecule has 1 aliphatic heterocycles. The van der Waals surface area contributed by atoms with Crippen LogP contribution >= 0.6 is 23.2 Å². The number of rotatable bonds is 8. The van der Waals surface area contributed by atoms with Crippen molar-refractivity contribution >= 4 is 45.1 Å². The van der Waals surface area contributed by atoms with Crippen LogP contribution in [0.1, 0.15) is 25.3 Å². The molecule has 3 aromatic rings. The summed E-state index contributed by atoms with van der Waals surface area (Å²) in [5, 5.41) is 12.6. The zero-order chi connectivity index (χ0) is 27.7. The Labute approximate surface area is 230 Å². The monoisotopic (exact) mass is 578 g/mol. The summed E-state index contributed by atoms with van der Waals surface area (Å²) >= 11 is 12.0. The molecule has 4 rings (SSSR count). The second-order valence-corrected chi connectivity index (χ2v) is 12.1. The molecule has 0 spiro atoms. The zero-order valence-corrected chi connectivity index (χ0v) is 22.7. The van der Waals surface area contributed by atoms with Gasteiger partial charge in [0, 0.05) is 23.0 Å². The molecule has 1 amide bonds. The number of hydrogen-bond acceptors (Lipinski definition) is 4.